The van der Waals surface area contributed by atoms with E-state index >= 15 is 0 Å². The van der Waals surface area contributed by atoms with Crippen LogP contribution < -0.4 is 19.2 Å². The molecule has 12 heteroatoms. The van der Waals surface area contributed by atoms with Gasteiger partial charge < -0.3 is 28.1 Å². The number of carbonyl (C=O) groups excluding carboxylic acids is 1. The molecule has 0 radical (unpaired) electrons. The third-order valence-electron chi connectivity index (χ3n) is 6.42. The van der Waals surface area contributed by atoms with E-state index in [0.29, 0.717) is 51.0 Å². The maximum absolute atomic E-state index is 12.9. The van der Waals surface area contributed by atoms with E-state index in [1.54, 1.807) is 63.1 Å². The van der Waals surface area contributed by atoms with Crippen LogP contribution in [0.2, 0.25) is 18.1 Å². The predicted octanol–water partition coefficient (Wildman–Crippen LogP) is 6.52. The Morgan fingerprint density at radius 1 is 0.974 bits per heavy atom. The van der Waals surface area contributed by atoms with Crippen LogP contribution >= 0.6 is 11.8 Å². The fraction of sp³-hybridized carbons (Fsp3) is 0.333. The summed E-state index contributed by atoms with van der Waals surface area (Å²) in [5.74, 6) is 2.30. The van der Waals surface area contributed by atoms with Crippen molar-refractivity contribution in [2.45, 2.75) is 44.1 Å². The summed E-state index contributed by atoms with van der Waals surface area (Å²) in [5.41, 5.74) is 1.43. The molecule has 1 aromatic carbocycles. The minimum atomic E-state index is -2.17. The van der Waals surface area contributed by atoms with Gasteiger partial charge in [0.2, 0.25) is 11.1 Å². The summed E-state index contributed by atoms with van der Waals surface area (Å²) >= 11 is 1.15. The Morgan fingerprint density at radius 3 is 2.08 bits per heavy atom. The summed E-state index contributed by atoms with van der Waals surface area (Å²) in [6.45, 7) is 10.8. The first-order valence-corrected chi connectivity index (χ1v) is 16.1. The Kier molecular flexibility index (Phi) is 8.36. The third kappa shape index (κ3) is 6.45. The minimum absolute atomic E-state index is 0.0168. The zero-order valence-corrected chi connectivity index (χ0v) is 24.8. The number of nitrogens with one attached hydrogen (secondary N) is 1. The van der Waals surface area contributed by atoms with Gasteiger partial charge in [-0.15, -0.1) is 10.2 Å². The monoisotopic (exact) mass is 568 g/mol. The van der Waals surface area contributed by atoms with Crippen molar-refractivity contribution < 1.29 is 27.5 Å². The Balaban J connectivity index is 1.50. The number of aromatic nitrogens is 3. The molecular formula is C27H32N4O6SSi. The summed E-state index contributed by atoms with van der Waals surface area (Å²) in [6.07, 6.45) is 3.10. The van der Waals surface area contributed by atoms with Crippen molar-refractivity contribution >= 4 is 31.7 Å². The highest BCUT2D eigenvalue weighted by Gasteiger charge is 2.40. The third-order valence-corrected chi connectivity index (χ3v) is 11.6. The van der Waals surface area contributed by atoms with Gasteiger partial charge in [-0.05, 0) is 42.4 Å². The van der Waals surface area contributed by atoms with E-state index in [1.165, 1.54) is 0 Å². The van der Waals surface area contributed by atoms with Gasteiger partial charge in [-0.25, -0.2) is 4.98 Å². The molecular weight excluding hydrogens is 536 g/mol. The van der Waals surface area contributed by atoms with Gasteiger partial charge in [0.15, 0.2) is 34.5 Å². The Hall–Kier alpha value is -3.77. The molecule has 1 amide bonds. The number of nitrogens with zero attached hydrogens (tertiary/aromatic N) is 3. The number of rotatable bonds is 10. The molecule has 0 unspecified atom stereocenters. The Morgan fingerprint density at radius 2 is 1.56 bits per heavy atom. The minimum Gasteiger partial charge on any atom is -0.539 e. The average molecular weight is 569 g/mol. The smallest absolute Gasteiger partial charge is 0.250 e. The first kappa shape index (κ1) is 28.2. The molecule has 10 nitrogen and oxygen atoms in total. The lowest BCUT2D eigenvalue weighted by atomic mass is 10.2. The van der Waals surface area contributed by atoms with E-state index in [9.17, 15) is 4.79 Å². The number of amides is 1. The normalized spacial score (nSPS) is 11.8. The van der Waals surface area contributed by atoms with Gasteiger partial charge in [0.25, 0.3) is 8.32 Å². The van der Waals surface area contributed by atoms with E-state index in [1.807, 2.05) is 0 Å². The van der Waals surface area contributed by atoms with Crippen molar-refractivity contribution in [1.82, 2.24) is 15.2 Å². The lowest BCUT2D eigenvalue weighted by Gasteiger charge is -2.37. The molecule has 4 rings (SSSR count). The number of furan rings is 2. The highest BCUT2D eigenvalue weighted by atomic mass is 32.2. The largest absolute Gasteiger partial charge is 0.539 e. The van der Waals surface area contributed by atoms with E-state index < -0.39 is 8.32 Å². The van der Waals surface area contributed by atoms with Crippen LogP contribution in [0.3, 0.4) is 0 Å². The zero-order valence-electron chi connectivity index (χ0n) is 23.0. The molecule has 39 heavy (non-hydrogen) atoms. The topological polar surface area (TPSA) is 122 Å². The first-order chi connectivity index (χ1) is 18.5. The van der Waals surface area contributed by atoms with Crippen LogP contribution in [0.25, 0.3) is 22.9 Å². The molecule has 0 fully saturated rings. The van der Waals surface area contributed by atoms with Gasteiger partial charge in [-0.2, -0.15) is 0 Å². The fourth-order valence-electron chi connectivity index (χ4n) is 3.32. The predicted molar refractivity (Wildman–Crippen MR) is 152 cm³/mol. The number of benzene rings is 1. The van der Waals surface area contributed by atoms with E-state index in [2.05, 4.69) is 54.4 Å². The number of thioether (sulfide) groups is 1. The van der Waals surface area contributed by atoms with Gasteiger partial charge in [0, 0.05) is 17.8 Å². The van der Waals surface area contributed by atoms with Gasteiger partial charge >= 0.3 is 0 Å². The molecule has 0 saturated carbocycles. The van der Waals surface area contributed by atoms with Crippen molar-refractivity contribution in [3.05, 3.63) is 48.9 Å². The van der Waals surface area contributed by atoms with Crippen LogP contribution in [0.1, 0.15) is 20.8 Å². The summed E-state index contributed by atoms with van der Waals surface area (Å²) in [4.78, 5) is 17.4. The van der Waals surface area contributed by atoms with Crippen LogP contribution in [-0.4, -0.2) is 49.4 Å². The van der Waals surface area contributed by atoms with E-state index in [0.717, 1.165) is 11.8 Å². The van der Waals surface area contributed by atoms with Crippen LogP contribution in [0.4, 0.5) is 5.69 Å². The van der Waals surface area contributed by atoms with Crippen molar-refractivity contribution in [1.29, 1.82) is 0 Å². The standard InChI is InChI=1S/C27H32N4O6SSi/c1-27(2,3)39(6,7)37-25-20(33-4)14-17(15-21(25)34-5)28-22(32)16-38-26-29-23(18-10-8-12-35-18)24(30-31-26)19-11-9-13-36-19/h8-15H,16H2,1-7H3,(H,28,32). The Bertz CT molecular complexity index is 1390. The van der Waals surface area contributed by atoms with Crippen molar-refractivity contribution in [3.8, 4) is 40.2 Å². The molecule has 0 aliphatic heterocycles. The second-order valence-electron chi connectivity index (χ2n) is 10.2. The van der Waals surface area contributed by atoms with Crippen molar-refractivity contribution in [2.24, 2.45) is 0 Å². The van der Waals surface area contributed by atoms with E-state index in [4.69, 9.17) is 22.7 Å². The van der Waals surface area contributed by atoms with Crippen LogP contribution in [0.15, 0.2) is 62.9 Å². The number of ether oxygens (including phenoxy) is 2. The molecule has 0 saturated heterocycles. The summed E-state index contributed by atoms with van der Waals surface area (Å²) in [6, 6.07) is 10.5. The van der Waals surface area contributed by atoms with Crippen LogP contribution in [0, 0.1) is 0 Å². The number of hydrogen-bond acceptors (Lipinski definition) is 10. The molecule has 206 valence electrons. The van der Waals surface area contributed by atoms with Crippen molar-refractivity contribution in [3.63, 3.8) is 0 Å². The quantitative estimate of drug-likeness (QED) is 0.167. The molecule has 0 bridgehead atoms. The SMILES string of the molecule is COc1cc(NC(=O)CSc2nnc(-c3ccco3)c(-c3ccco3)n2)cc(OC)c1O[Si](C)(C)C(C)(C)C. The molecule has 0 spiro atoms. The Labute approximate surface area is 232 Å². The highest BCUT2D eigenvalue weighted by molar-refractivity contribution is 7.99. The molecule has 0 aliphatic rings. The molecule has 0 atom stereocenters. The zero-order chi connectivity index (χ0) is 28.2. The number of methoxy groups -OCH3 is 2. The number of anilines is 1. The summed E-state index contributed by atoms with van der Waals surface area (Å²) in [5, 5.41) is 11.6. The molecule has 1 N–H and O–H groups in total. The molecule has 3 heterocycles. The maximum Gasteiger partial charge on any atom is 0.250 e. The second-order valence-corrected chi connectivity index (χ2v) is 15.8. The number of carbonyl (C=O) groups is 1. The van der Waals surface area contributed by atoms with Crippen LogP contribution in [-0.2, 0) is 4.79 Å². The molecule has 0 aliphatic carbocycles. The fourth-order valence-corrected chi connectivity index (χ4v) is 4.93. The first-order valence-electron chi connectivity index (χ1n) is 12.2. The lowest BCUT2D eigenvalue weighted by Crippen LogP contribution is -2.44. The van der Waals surface area contributed by atoms with Gasteiger partial charge in [0.05, 0.1) is 32.5 Å². The average Bonchev–Trinajstić information content (AvgIpc) is 3.62. The molecule has 4 aromatic rings. The maximum atomic E-state index is 12.9. The van der Waals surface area contributed by atoms with E-state index in [-0.39, 0.29) is 16.7 Å². The highest BCUT2D eigenvalue weighted by Crippen LogP contribution is 2.45. The molecule has 3 aromatic heterocycles. The van der Waals surface area contributed by atoms with Crippen molar-refractivity contribution in [2.75, 3.05) is 25.3 Å². The number of hydrogen-bond donors (Lipinski definition) is 1. The van der Waals surface area contributed by atoms with Crippen LogP contribution in [0.5, 0.6) is 17.2 Å². The lowest BCUT2D eigenvalue weighted by molar-refractivity contribution is -0.113. The summed E-state index contributed by atoms with van der Waals surface area (Å²) in [7, 11) is 0.945. The second kappa shape index (κ2) is 11.5. The van der Waals surface area contributed by atoms with Gasteiger partial charge in [-0.1, -0.05) is 32.5 Å². The van der Waals surface area contributed by atoms with Gasteiger partial charge in [0.1, 0.15) is 5.69 Å². The summed E-state index contributed by atoms with van der Waals surface area (Å²) < 4.78 is 28.7. The van der Waals surface area contributed by atoms with Gasteiger partial charge in [-0.3, -0.25) is 4.79 Å².